The molecule has 4 aliphatic rings. The minimum Gasteiger partial charge on any atom is -0.351 e. The summed E-state index contributed by atoms with van der Waals surface area (Å²) in [7, 11) is 0. The van der Waals surface area contributed by atoms with Crippen molar-refractivity contribution in [3.05, 3.63) is 60.2 Å². The average molecular weight is 345 g/mol. The lowest BCUT2D eigenvalue weighted by Gasteiger charge is -2.56. The molecule has 4 bridgehead atoms. The average Bonchev–Trinajstić information content (AvgIpc) is 2.66. The molecule has 26 heavy (non-hydrogen) atoms. The molecule has 0 aliphatic heterocycles. The van der Waals surface area contributed by atoms with Crippen LogP contribution in [0.25, 0.3) is 11.1 Å². The number of hydrogen-bond donors (Lipinski definition) is 1. The molecule has 2 aromatic carbocycles. The van der Waals surface area contributed by atoms with Gasteiger partial charge in [-0.05, 0) is 85.0 Å². The first-order valence-corrected chi connectivity index (χ1v) is 10.1. The van der Waals surface area contributed by atoms with Crippen LogP contribution in [0, 0.1) is 23.2 Å². The molecule has 0 atom stereocenters. The van der Waals surface area contributed by atoms with Crippen molar-refractivity contribution in [1.82, 2.24) is 5.32 Å². The Labute approximate surface area is 156 Å². The van der Waals surface area contributed by atoms with Crippen molar-refractivity contribution in [1.29, 1.82) is 0 Å². The first-order chi connectivity index (χ1) is 12.7. The summed E-state index contributed by atoms with van der Waals surface area (Å²) in [4.78, 5) is 12.7. The molecule has 4 fully saturated rings. The summed E-state index contributed by atoms with van der Waals surface area (Å²) in [5.41, 5.74) is 3.51. The summed E-state index contributed by atoms with van der Waals surface area (Å²) in [6, 6.07) is 18.3. The van der Waals surface area contributed by atoms with Crippen molar-refractivity contribution < 1.29 is 4.79 Å². The number of hydrogen-bond acceptors (Lipinski definition) is 1. The maximum absolute atomic E-state index is 12.7. The SMILES string of the molecule is O=C(NCC12CC3CC(CC(C3)C1)C2)c1ccc(-c2ccccc2)cc1. The van der Waals surface area contributed by atoms with E-state index in [1.54, 1.807) is 0 Å². The second-order valence-electron chi connectivity index (χ2n) is 9.04. The molecule has 134 valence electrons. The Morgan fingerprint density at radius 3 is 1.92 bits per heavy atom. The van der Waals surface area contributed by atoms with E-state index >= 15 is 0 Å². The molecule has 2 nitrogen and oxygen atoms in total. The number of rotatable bonds is 4. The zero-order valence-corrected chi connectivity index (χ0v) is 15.3. The molecule has 1 N–H and O–H groups in total. The van der Waals surface area contributed by atoms with Crippen molar-refractivity contribution in [3.8, 4) is 11.1 Å². The topological polar surface area (TPSA) is 29.1 Å². The van der Waals surface area contributed by atoms with E-state index in [1.807, 2.05) is 30.3 Å². The summed E-state index contributed by atoms with van der Waals surface area (Å²) in [5, 5.41) is 3.28. The van der Waals surface area contributed by atoms with E-state index in [0.717, 1.165) is 35.4 Å². The number of carbonyl (C=O) groups excluding carboxylic acids is 1. The number of nitrogens with one attached hydrogen (secondary N) is 1. The highest BCUT2D eigenvalue weighted by molar-refractivity contribution is 5.94. The van der Waals surface area contributed by atoms with Crippen LogP contribution in [0.3, 0.4) is 0 Å². The molecule has 0 spiro atoms. The largest absolute Gasteiger partial charge is 0.351 e. The van der Waals surface area contributed by atoms with Crippen molar-refractivity contribution in [2.45, 2.75) is 38.5 Å². The van der Waals surface area contributed by atoms with Gasteiger partial charge in [-0.25, -0.2) is 0 Å². The van der Waals surface area contributed by atoms with Crippen molar-refractivity contribution in [3.63, 3.8) is 0 Å². The fraction of sp³-hybridized carbons (Fsp3) is 0.458. The molecule has 0 radical (unpaired) electrons. The van der Waals surface area contributed by atoms with Gasteiger partial charge in [0.15, 0.2) is 0 Å². The Kier molecular flexibility index (Phi) is 3.88. The van der Waals surface area contributed by atoms with E-state index in [2.05, 4.69) is 29.6 Å². The van der Waals surface area contributed by atoms with E-state index in [1.165, 1.54) is 44.1 Å². The van der Waals surface area contributed by atoms with Gasteiger partial charge in [-0.3, -0.25) is 4.79 Å². The van der Waals surface area contributed by atoms with Gasteiger partial charge in [0.25, 0.3) is 5.91 Å². The lowest BCUT2D eigenvalue weighted by Crippen LogP contribution is -2.51. The maximum Gasteiger partial charge on any atom is 0.251 e. The summed E-state index contributed by atoms with van der Waals surface area (Å²) in [5.74, 6) is 2.88. The third kappa shape index (κ3) is 2.96. The fourth-order valence-electron chi connectivity index (χ4n) is 6.32. The molecule has 2 heteroatoms. The van der Waals surface area contributed by atoms with Crippen LogP contribution >= 0.6 is 0 Å². The van der Waals surface area contributed by atoms with Crippen molar-refractivity contribution in [2.24, 2.45) is 23.2 Å². The first kappa shape index (κ1) is 16.1. The van der Waals surface area contributed by atoms with E-state index in [0.29, 0.717) is 5.41 Å². The molecule has 4 aliphatic carbocycles. The lowest BCUT2D eigenvalue weighted by atomic mass is 9.49. The molecule has 0 unspecified atom stereocenters. The molecular formula is C24H27NO. The lowest BCUT2D eigenvalue weighted by molar-refractivity contribution is -0.0503. The minimum absolute atomic E-state index is 0.0837. The van der Waals surface area contributed by atoms with E-state index in [-0.39, 0.29) is 5.91 Å². The highest BCUT2D eigenvalue weighted by atomic mass is 16.1. The third-order valence-electron chi connectivity index (χ3n) is 7.04. The zero-order valence-electron chi connectivity index (χ0n) is 15.3. The molecule has 1 amide bonds. The molecule has 0 saturated heterocycles. The standard InChI is InChI=1S/C24H27NO/c26-23(22-8-6-21(7-9-22)20-4-2-1-3-5-20)25-16-24-13-17-10-18(14-24)12-19(11-17)15-24/h1-9,17-19H,10-16H2,(H,25,26). The zero-order chi connectivity index (χ0) is 17.6. The van der Waals surface area contributed by atoms with Crippen LogP contribution in [0.15, 0.2) is 54.6 Å². The smallest absolute Gasteiger partial charge is 0.251 e. The van der Waals surface area contributed by atoms with Gasteiger partial charge in [-0.2, -0.15) is 0 Å². The quantitative estimate of drug-likeness (QED) is 0.800. The summed E-state index contributed by atoms with van der Waals surface area (Å²) >= 11 is 0. The Balaban J connectivity index is 1.25. The number of carbonyl (C=O) groups is 1. The van der Waals surface area contributed by atoms with E-state index in [4.69, 9.17) is 0 Å². The van der Waals surface area contributed by atoms with Gasteiger partial charge in [0.05, 0.1) is 0 Å². The molecule has 2 aromatic rings. The van der Waals surface area contributed by atoms with E-state index < -0.39 is 0 Å². The predicted molar refractivity (Wildman–Crippen MR) is 105 cm³/mol. The number of benzene rings is 2. The van der Waals surface area contributed by atoms with E-state index in [9.17, 15) is 4.79 Å². The van der Waals surface area contributed by atoms with Crippen LogP contribution in [-0.2, 0) is 0 Å². The Morgan fingerprint density at radius 2 is 1.35 bits per heavy atom. The molecule has 0 heterocycles. The molecule has 0 aromatic heterocycles. The van der Waals surface area contributed by atoms with Gasteiger partial charge < -0.3 is 5.32 Å². The first-order valence-electron chi connectivity index (χ1n) is 10.1. The van der Waals surface area contributed by atoms with Crippen LogP contribution in [0.5, 0.6) is 0 Å². The highest BCUT2D eigenvalue weighted by Gasteiger charge is 2.50. The van der Waals surface area contributed by atoms with Crippen LogP contribution in [-0.4, -0.2) is 12.5 Å². The normalized spacial score (nSPS) is 31.8. The monoisotopic (exact) mass is 345 g/mol. The Hall–Kier alpha value is -2.09. The summed E-state index contributed by atoms with van der Waals surface area (Å²) in [6.45, 7) is 0.871. The number of amides is 1. The summed E-state index contributed by atoms with van der Waals surface area (Å²) < 4.78 is 0. The fourth-order valence-corrected chi connectivity index (χ4v) is 6.32. The van der Waals surface area contributed by atoms with Gasteiger partial charge in [0.2, 0.25) is 0 Å². The highest BCUT2D eigenvalue weighted by Crippen LogP contribution is 2.59. The van der Waals surface area contributed by atoms with Crippen LogP contribution in [0.4, 0.5) is 0 Å². The predicted octanol–water partition coefficient (Wildman–Crippen LogP) is 5.30. The van der Waals surface area contributed by atoms with Crippen LogP contribution in [0.1, 0.15) is 48.9 Å². The van der Waals surface area contributed by atoms with Crippen LogP contribution < -0.4 is 5.32 Å². The molecule has 6 rings (SSSR count). The molecule has 4 saturated carbocycles. The Bertz CT molecular complexity index is 757. The minimum atomic E-state index is 0.0837. The van der Waals surface area contributed by atoms with Gasteiger partial charge in [0.1, 0.15) is 0 Å². The maximum atomic E-state index is 12.7. The second kappa shape index (κ2) is 6.26. The Morgan fingerprint density at radius 1 is 0.808 bits per heavy atom. The van der Waals surface area contributed by atoms with Crippen LogP contribution in [0.2, 0.25) is 0 Å². The van der Waals surface area contributed by atoms with Crippen molar-refractivity contribution >= 4 is 5.91 Å². The van der Waals surface area contributed by atoms with Crippen molar-refractivity contribution in [2.75, 3.05) is 6.54 Å². The van der Waals surface area contributed by atoms with Gasteiger partial charge >= 0.3 is 0 Å². The van der Waals surface area contributed by atoms with Gasteiger partial charge in [-0.1, -0.05) is 42.5 Å². The van der Waals surface area contributed by atoms with Gasteiger partial charge in [-0.15, -0.1) is 0 Å². The molecular weight excluding hydrogens is 318 g/mol. The summed E-state index contributed by atoms with van der Waals surface area (Å²) in [6.07, 6.45) is 8.38. The second-order valence-corrected chi connectivity index (χ2v) is 9.04. The third-order valence-corrected chi connectivity index (χ3v) is 7.04. The van der Waals surface area contributed by atoms with Gasteiger partial charge in [0, 0.05) is 12.1 Å².